The quantitative estimate of drug-likeness (QED) is 0.895. The topological polar surface area (TPSA) is 58.6 Å². The highest BCUT2D eigenvalue weighted by Crippen LogP contribution is 2.23. The summed E-state index contributed by atoms with van der Waals surface area (Å²) in [6.45, 7) is 3.21. The van der Waals surface area contributed by atoms with Gasteiger partial charge in [0.1, 0.15) is 0 Å². The van der Waals surface area contributed by atoms with Crippen LogP contribution in [0.3, 0.4) is 0 Å². The van der Waals surface area contributed by atoms with Crippen LogP contribution < -0.4 is 5.32 Å². The summed E-state index contributed by atoms with van der Waals surface area (Å²) < 4.78 is 5.48. The van der Waals surface area contributed by atoms with Crippen LogP contribution in [-0.4, -0.2) is 43.0 Å². The molecule has 0 aliphatic carbocycles. The highest BCUT2D eigenvalue weighted by molar-refractivity contribution is 6.31. The molecule has 1 saturated heterocycles. The van der Waals surface area contributed by atoms with Crippen molar-refractivity contribution in [1.82, 2.24) is 10.2 Å². The van der Waals surface area contributed by atoms with E-state index in [1.54, 1.807) is 25.0 Å². The van der Waals surface area contributed by atoms with Gasteiger partial charge in [-0.05, 0) is 18.1 Å². The van der Waals surface area contributed by atoms with E-state index < -0.39 is 0 Å². The molecule has 0 aromatic heterocycles. The summed E-state index contributed by atoms with van der Waals surface area (Å²) in [4.78, 5) is 25.5. The zero-order chi connectivity index (χ0) is 16.8. The third-order valence-corrected chi connectivity index (χ3v) is 4.66. The van der Waals surface area contributed by atoms with Gasteiger partial charge in [0.15, 0.2) is 0 Å². The Balaban J connectivity index is 1.89. The Kier molecular flexibility index (Phi) is 6.42. The van der Waals surface area contributed by atoms with Crippen molar-refractivity contribution in [3.63, 3.8) is 0 Å². The first kappa shape index (κ1) is 17.8. The normalized spacial score (nSPS) is 21.1. The van der Waals surface area contributed by atoms with Gasteiger partial charge >= 0.3 is 0 Å². The highest BCUT2D eigenvalue weighted by Gasteiger charge is 2.31. The van der Waals surface area contributed by atoms with Crippen LogP contribution in [0.15, 0.2) is 24.3 Å². The summed E-state index contributed by atoms with van der Waals surface area (Å²) in [7, 11) is 1.66. The minimum absolute atomic E-state index is 0.0108. The molecule has 6 heteroatoms. The van der Waals surface area contributed by atoms with Crippen molar-refractivity contribution in [3.05, 3.63) is 34.9 Å². The molecule has 0 unspecified atom stereocenters. The molecular weight excluding hydrogens is 316 g/mol. The van der Waals surface area contributed by atoms with Gasteiger partial charge in [0.2, 0.25) is 11.8 Å². The fourth-order valence-corrected chi connectivity index (χ4v) is 3.15. The molecule has 0 saturated carbocycles. The third kappa shape index (κ3) is 4.94. The molecule has 126 valence electrons. The second-order valence-electron chi connectivity index (χ2n) is 5.86. The monoisotopic (exact) mass is 338 g/mol. The molecule has 2 amide bonds. The van der Waals surface area contributed by atoms with Gasteiger partial charge in [0.05, 0.1) is 6.10 Å². The minimum Gasteiger partial charge on any atom is -0.381 e. The Bertz CT molecular complexity index is 565. The van der Waals surface area contributed by atoms with Crippen LogP contribution in [0.2, 0.25) is 5.02 Å². The largest absolute Gasteiger partial charge is 0.381 e. The molecule has 0 radical (unpaired) electrons. The molecule has 1 heterocycles. The van der Waals surface area contributed by atoms with E-state index in [0.29, 0.717) is 31.1 Å². The Morgan fingerprint density at radius 2 is 2.13 bits per heavy atom. The molecule has 1 aromatic carbocycles. The van der Waals surface area contributed by atoms with E-state index >= 15 is 0 Å². The number of likely N-dealkylation sites (tertiary alicyclic amines) is 1. The Morgan fingerprint density at radius 3 is 2.78 bits per heavy atom. The van der Waals surface area contributed by atoms with Crippen molar-refractivity contribution in [2.75, 3.05) is 20.2 Å². The fourth-order valence-electron chi connectivity index (χ4n) is 2.95. The molecule has 5 nitrogen and oxygen atoms in total. The fraction of sp³-hybridized carbons (Fsp3) is 0.529. The second kappa shape index (κ2) is 8.31. The van der Waals surface area contributed by atoms with Gasteiger partial charge in [0.25, 0.3) is 0 Å². The maximum Gasteiger partial charge on any atom is 0.220 e. The summed E-state index contributed by atoms with van der Waals surface area (Å²) >= 11 is 6.08. The maximum absolute atomic E-state index is 12.2. The molecule has 1 aromatic rings. The summed E-state index contributed by atoms with van der Waals surface area (Å²) in [6.07, 6.45) is 1.11. The average molecular weight is 339 g/mol. The summed E-state index contributed by atoms with van der Waals surface area (Å²) in [6, 6.07) is 7.43. The summed E-state index contributed by atoms with van der Waals surface area (Å²) in [5.41, 5.74) is 0.889. The van der Waals surface area contributed by atoms with Crippen molar-refractivity contribution in [3.8, 4) is 0 Å². The Hall–Kier alpha value is -1.59. The zero-order valence-corrected chi connectivity index (χ0v) is 14.3. The number of methoxy groups -OCH3 is 1. The number of hydrogen-bond donors (Lipinski definition) is 1. The molecule has 1 aliphatic rings. The van der Waals surface area contributed by atoms with Crippen LogP contribution in [0, 0.1) is 5.92 Å². The predicted octanol–water partition coefficient (Wildman–Crippen LogP) is 2.23. The van der Waals surface area contributed by atoms with E-state index in [2.05, 4.69) is 5.32 Å². The lowest BCUT2D eigenvalue weighted by Crippen LogP contribution is -2.47. The summed E-state index contributed by atoms with van der Waals surface area (Å²) in [5, 5.41) is 3.54. The number of ether oxygens (including phenoxy) is 1. The van der Waals surface area contributed by atoms with E-state index in [-0.39, 0.29) is 23.8 Å². The van der Waals surface area contributed by atoms with Gasteiger partial charge in [-0.1, -0.05) is 29.8 Å². The molecule has 0 bridgehead atoms. The molecule has 1 fully saturated rings. The number of hydrogen-bond acceptors (Lipinski definition) is 3. The Labute approximate surface area is 141 Å². The molecule has 23 heavy (non-hydrogen) atoms. The number of nitrogens with zero attached hydrogens (tertiary/aromatic N) is 1. The van der Waals surface area contributed by atoms with Crippen LogP contribution in [0.4, 0.5) is 0 Å². The first-order valence-corrected chi connectivity index (χ1v) is 8.17. The molecule has 0 spiro atoms. The standard InChI is InChI=1S/C17H23ClN2O3/c1-12(21)20-8-7-16(23-2)14(11-20)9-17(22)19-10-13-5-3-4-6-15(13)18/h3-6,14,16H,7-11H2,1-2H3,(H,19,22)/t14-,16-/m1/s1. The van der Waals surface area contributed by atoms with E-state index in [1.807, 2.05) is 18.2 Å². The summed E-state index contributed by atoms with van der Waals surface area (Å²) in [5.74, 6) is 0.00676. The van der Waals surface area contributed by atoms with Gasteiger partial charge in [-0.3, -0.25) is 9.59 Å². The molecule has 2 atom stereocenters. The lowest BCUT2D eigenvalue weighted by Gasteiger charge is -2.37. The molecule has 1 N–H and O–H groups in total. The third-order valence-electron chi connectivity index (χ3n) is 4.29. The predicted molar refractivity (Wildman–Crippen MR) is 89.1 cm³/mol. The van der Waals surface area contributed by atoms with Gasteiger partial charge in [-0.2, -0.15) is 0 Å². The van der Waals surface area contributed by atoms with E-state index in [1.165, 1.54) is 0 Å². The number of amides is 2. The maximum atomic E-state index is 12.2. The van der Waals surface area contributed by atoms with E-state index in [0.717, 1.165) is 12.0 Å². The van der Waals surface area contributed by atoms with Crippen LogP contribution in [0.25, 0.3) is 0 Å². The van der Waals surface area contributed by atoms with Crippen molar-refractivity contribution < 1.29 is 14.3 Å². The number of nitrogens with one attached hydrogen (secondary N) is 1. The van der Waals surface area contributed by atoms with Gasteiger partial charge < -0.3 is 15.0 Å². The second-order valence-corrected chi connectivity index (χ2v) is 6.27. The van der Waals surface area contributed by atoms with Crippen molar-refractivity contribution in [2.45, 2.75) is 32.4 Å². The molecular formula is C17H23ClN2O3. The van der Waals surface area contributed by atoms with Crippen LogP contribution in [-0.2, 0) is 20.9 Å². The van der Waals surface area contributed by atoms with Gasteiger partial charge in [0, 0.05) is 51.0 Å². The molecule has 1 aliphatic heterocycles. The van der Waals surface area contributed by atoms with Crippen molar-refractivity contribution in [2.24, 2.45) is 5.92 Å². The SMILES string of the molecule is CO[C@@H]1CCN(C(C)=O)C[C@H]1CC(=O)NCc1ccccc1Cl. The smallest absolute Gasteiger partial charge is 0.220 e. The van der Waals surface area contributed by atoms with Gasteiger partial charge in [-0.15, -0.1) is 0 Å². The number of halogens is 1. The van der Waals surface area contributed by atoms with Crippen LogP contribution in [0.5, 0.6) is 0 Å². The number of piperidine rings is 1. The molecule has 2 rings (SSSR count). The van der Waals surface area contributed by atoms with E-state index in [9.17, 15) is 9.59 Å². The van der Waals surface area contributed by atoms with Crippen LogP contribution in [0.1, 0.15) is 25.3 Å². The first-order chi connectivity index (χ1) is 11.0. The Morgan fingerprint density at radius 1 is 1.39 bits per heavy atom. The number of benzene rings is 1. The highest BCUT2D eigenvalue weighted by atomic mass is 35.5. The number of rotatable bonds is 5. The van der Waals surface area contributed by atoms with E-state index in [4.69, 9.17) is 16.3 Å². The zero-order valence-electron chi connectivity index (χ0n) is 13.5. The van der Waals surface area contributed by atoms with Gasteiger partial charge in [-0.25, -0.2) is 0 Å². The first-order valence-electron chi connectivity index (χ1n) is 7.79. The lowest BCUT2D eigenvalue weighted by molar-refractivity contribution is -0.135. The van der Waals surface area contributed by atoms with Crippen LogP contribution >= 0.6 is 11.6 Å². The average Bonchev–Trinajstić information content (AvgIpc) is 2.54. The number of carbonyl (C=O) groups is 2. The van der Waals surface area contributed by atoms with Crippen molar-refractivity contribution >= 4 is 23.4 Å². The lowest BCUT2D eigenvalue weighted by atomic mass is 9.91. The van der Waals surface area contributed by atoms with Crippen molar-refractivity contribution in [1.29, 1.82) is 0 Å². The number of carbonyl (C=O) groups excluding carboxylic acids is 2. The minimum atomic E-state index is -0.0534.